The first-order valence-electron chi connectivity index (χ1n) is 6.94. The molecule has 4 nitrogen and oxygen atoms in total. The number of amides is 1. The molecule has 1 aromatic carbocycles. The van der Waals surface area contributed by atoms with Gasteiger partial charge in [-0.3, -0.25) is 4.79 Å². The summed E-state index contributed by atoms with van der Waals surface area (Å²) in [4.78, 5) is 13.8. The summed E-state index contributed by atoms with van der Waals surface area (Å²) in [7, 11) is 4.04. The Balaban J connectivity index is 2.41. The number of benzene rings is 1. The van der Waals surface area contributed by atoms with Crippen LogP contribution in [0.5, 0.6) is 5.75 Å². The van der Waals surface area contributed by atoms with E-state index in [-0.39, 0.29) is 11.3 Å². The van der Waals surface area contributed by atoms with E-state index < -0.39 is 0 Å². The standard InChI is InChI=1S/C16H26N2O2/c1-16(2,3)15(19)17-12-13-6-8-14(9-7-13)20-11-10-18(4)5/h6-9H,10-12H2,1-5H3,(H,17,19). The minimum absolute atomic E-state index is 0.0591. The van der Waals surface area contributed by atoms with E-state index in [1.54, 1.807) is 0 Å². The molecule has 0 spiro atoms. The number of likely N-dealkylation sites (N-methyl/N-ethyl adjacent to an activating group) is 1. The van der Waals surface area contributed by atoms with E-state index in [2.05, 4.69) is 10.2 Å². The first-order valence-corrected chi connectivity index (χ1v) is 6.94. The van der Waals surface area contributed by atoms with Gasteiger partial charge in [-0.25, -0.2) is 0 Å². The van der Waals surface area contributed by atoms with E-state index >= 15 is 0 Å². The van der Waals surface area contributed by atoms with Crippen LogP contribution in [0.3, 0.4) is 0 Å². The first-order chi connectivity index (χ1) is 9.29. The van der Waals surface area contributed by atoms with Crippen LogP contribution in [-0.2, 0) is 11.3 Å². The molecule has 0 aliphatic carbocycles. The summed E-state index contributed by atoms with van der Waals surface area (Å²) in [5.41, 5.74) is 0.720. The minimum Gasteiger partial charge on any atom is -0.492 e. The monoisotopic (exact) mass is 278 g/mol. The smallest absolute Gasteiger partial charge is 0.225 e. The number of carbonyl (C=O) groups excluding carboxylic acids is 1. The SMILES string of the molecule is CN(C)CCOc1ccc(CNC(=O)C(C)(C)C)cc1. The van der Waals surface area contributed by atoms with Crippen molar-refractivity contribution >= 4 is 5.91 Å². The molecule has 0 fully saturated rings. The molecular formula is C16H26N2O2. The molecule has 20 heavy (non-hydrogen) atoms. The third kappa shape index (κ3) is 6.06. The van der Waals surface area contributed by atoms with E-state index in [0.717, 1.165) is 17.9 Å². The highest BCUT2D eigenvalue weighted by atomic mass is 16.5. The Morgan fingerprint density at radius 1 is 1.20 bits per heavy atom. The van der Waals surface area contributed by atoms with Crippen LogP contribution < -0.4 is 10.1 Å². The Kier molecular flexibility index (Phi) is 6.02. The summed E-state index contributed by atoms with van der Waals surface area (Å²) in [5.74, 6) is 0.918. The van der Waals surface area contributed by atoms with Gasteiger partial charge in [-0.15, -0.1) is 0 Å². The van der Waals surface area contributed by atoms with Gasteiger partial charge in [0.1, 0.15) is 12.4 Å². The molecule has 1 N–H and O–H groups in total. The summed E-state index contributed by atoms with van der Waals surface area (Å²) >= 11 is 0. The van der Waals surface area contributed by atoms with Crippen molar-refractivity contribution in [1.29, 1.82) is 0 Å². The van der Waals surface area contributed by atoms with Crippen molar-refractivity contribution in [2.45, 2.75) is 27.3 Å². The van der Waals surface area contributed by atoms with E-state index in [9.17, 15) is 4.79 Å². The Morgan fingerprint density at radius 2 is 1.80 bits per heavy atom. The van der Waals surface area contributed by atoms with Crippen molar-refractivity contribution in [3.05, 3.63) is 29.8 Å². The summed E-state index contributed by atoms with van der Waals surface area (Å²) in [6.07, 6.45) is 0. The molecule has 0 radical (unpaired) electrons. The summed E-state index contributed by atoms with van der Waals surface area (Å²) in [6, 6.07) is 7.84. The molecule has 1 amide bonds. The maximum Gasteiger partial charge on any atom is 0.225 e. The van der Waals surface area contributed by atoms with Crippen LogP contribution in [0.1, 0.15) is 26.3 Å². The molecule has 112 valence electrons. The number of ether oxygens (including phenoxy) is 1. The van der Waals surface area contributed by atoms with Gasteiger partial charge in [0.25, 0.3) is 0 Å². The lowest BCUT2D eigenvalue weighted by molar-refractivity contribution is -0.128. The zero-order valence-corrected chi connectivity index (χ0v) is 13.2. The Bertz CT molecular complexity index is 419. The number of nitrogens with zero attached hydrogens (tertiary/aromatic N) is 1. The second-order valence-electron chi connectivity index (χ2n) is 6.23. The van der Waals surface area contributed by atoms with Gasteiger partial charge in [-0.05, 0) is 31.8 Å². The quantitative estimate of drug-likeness (QED) is 0.868. The average molecular weight is 278 g/mol. The molecule has 1 aromatic rings. The van der Waals surface area contributed by atoms with Gasteiger partial charge in [0.05, 0.1) is 0 Å². The van der Waals surface area contributed by atoms with Crippen LogP contribution in [0.4, 0.5) is 0 Å². The van der Waals surface area contributed by atoms with Gasteiger partial charge in [-0.1, -0.05) is 32.9 Å². The van der Waals surface area contributed by atoms with Gasteiger partial charge in [-0.2, -0.15) is 0 Å². The highest BCUT2D eigenvalue weighted by Crippen LogP contribution is 2.14. The minimum atomic E-state index is -0.352. The molecule has 0 saturated carbocycles. The molecule has 0 unspecified atom stereocenters. The van der Waals surface area contributed by atoms with Crippen molar-refractivity contribution in [3.63, 3.8) is 0 Å². The zero-order valence-electron chi connectivity index (χ0n) is 13.2. The second-order valence-corrected chi connectivity index (χ2v) is 6.23. The number of hydrogen-bond acceptors (Lipinski definition) is 3. The molecule has 0 aliphatic heterocycles. The molecule has 0 aromatic heterocycles. The maximum atomic E-state index is 11.8. The fourth-order valence-electron chi connectivity index (χ4n) is 1.50. The number of hydrogen-bond donors (Lipinski definition) is 1. The number of carbonyl (C=O) groups is 1. The normalized spacial score (nSPS) is 11.5. The maximum absolute atomic E-state index is 11.8. The van der Waals surface area contributed by atoms with Crippen LogP contribution in [-0.4, -0.2) is 38.1 Å². The first kappa shape index (κ1) is 16.5. The van der Waals surface area contributed by atoms with Gasteiger partial charge in [0.2, 0.25) is 5.91 Å². The lowest BCUT2D eigenvalue weighted by atomic mass is 9.95. The van der Waals surface area contributed by atoms with Crippen molar-refractivity contribution in [3.8, 4) is 5.75 Å². The van der Waals surface area contributed by atoms with Crippen molar-refractivity contribution < 1.29 is 9.53 Å². The third-order valence-corrected chi connectivity index (χ3v) is 2.86. The summed E-state index contributed by atoms with van der Waals surface area (Å²) < 4.78 is 5.62. The second kappa shape index (κ2) is 7.29. The van der Waals surface area contributed by atoms with Crippen LogP contribution >= 0.6 is 0 Å². The molecule has 4 heteroatoms. The molecule has 0 aliphatic rings. The molecule has 1 rings (SSSR count). The van der Waals surface area contributed by atoms with E-state index in [1.165, 1.54) is 0 Å². The fraction of sp³-hybridized carbons (Fsp3) is 0.562. The van der Waals surface area contributed by atoms with Crippen molar-refractivity contribution in [1.82, 2.24) is 10.2 Å². The Morgan fingerprint density at radius 3 is 2.30 bits per heavy atom. The van der Waals surface area contributed by atoms with Crippen LogP contribution in [0.2, 0.25) is 0 Å². The molecule has 0 saturated heterocycles. The van der Waals surface area contributed by atoms with Gasteiger partial charge in [0, 0.05) is 18.5 Å². The Labute approximate surface area is 122 Å². The lowest BCUT2D eigenvalue weighted by Crippen LogP contribution is -2.34. The van der Waals surface area contributed by atoms with Crippen LogP contribution in [0.25, 0.3) is 0 Å². The molecular weight excluding hydrogens is 252 g/mol. The molecule has 0 bridgehead atoms. The third-order valence-electron chi connectivity index (χ3n) is 2.86. The predicted octanol–water partition coefficient (Wildman–Crippen LogP) is 2.29. The molecule has 0 heterocycles. The van der Waals surface area contributed by atoms with Gasteiger partial charge < -0.3 is 15.0 Å². The van der Waals surface area contributed by atoms with Crippen LogP contribution in [0.15, 0.2) is 24.3 Å². The van der Waals surface area contributed by atoms with Crippen molar-refractivity contribution in [2.24, 2.45) is 5.41 Å². The topological polar surface area (TPSA) is 41.6 Å². The summed E-state index contributed by atoms with van der Waals surface area (Å²) in [5, 5.41) is 2.93. The lowest BCUT2D eigenvalue weighted by Gasteiger charge is -2.17. The Hall–Kier alpha value is -1.55. The highest BCUT2D eigenvalue weighted by molar-refractivity contribution is 5.81. The summed E-state index contributed by atoms with van der Waals surface area (Å²) in [6.45, 7) is 7.84. The predicted molar refractivity (Wildman–Crippen MR) is 81.8 cm³/mol. The largest absolute Gasteiger partial charge is 0.492 e. The molecule has 0 atom stereocenters. The highest BCUT2D eigenvalue weighted by Gasteiger charge is 2.20. The number of nitrogens with one attached hydrogen (secondary N) is 1. The average Bonchev–Trinajstić information content (AvgIpc) is 2.36. The number of rotatable bonds is 6. The van der Waals surface area contributed by atoms with Gasteiger partial charge in [0.15, 0.2) is 0 Å². The fourth-order valence-corrected chi connectivity index (χ4v) is 1.50. The van der Waals surface area contributed by atoms with Crippen LogP contribution in [0, 0.1) is 5.41 Å². The zero-order chi connectivity index (χ0) is 15.2. The van der Waals surface area contributed by atoms with E-state index in [4.69, 9.17) is 4.74 Å². The van der Waals surface area contributed by atoms with E-state index in [1.807, 2.05) is 59.1 Å². The van der Waals surface area contributed by atoms with Gasteiger partial charge >= 0.3 is 0 Å². The van der Waals surface area contributed by atoms with E-state index in [0.29, 0.717) is 13.2 Å². The van der Waals surface area contributed by atoms with Crippen molar-refractivity contribution in [2.75, 3.05) is 27.2 Å².